The maximum atomic E-state index is 12.3. The van der Waals surface area contributed by atoms with E-state index in [0.717, 1.165) is 31.5 Å². The predicted octanol–water partition coefficient (Wildman–Crippen LogP) is 0.791. The molecular weight excluding hydrogens is 336 g/mol. The van der Waals surface area contributed by atoms with Crippen molar-refractivity contribution in [2.75, 3.05) is 40.9 Å². The quantitative estimate of drug-likeness (QED) is 0.595. The van der Waals surface area contributed by atoms with E-state index in [2.05, 4.69) is 10.3 Å². The molecule has 1 saturated heterocycles. The molecule has 142 valence electrons. The Hall–Kier alpha value is -2.64. The molecule has 1 aromatic rings. The number of aromatic hydroxyl groups is 1. The molecule has 8 nitrogen and oxygen atoms in total. The lowest BCUT2D eigenvalue weighted by Crippen LogP contribution is -2.55. The highest BCUT2D eigenvalue weighted by molar-refractivity contribution is 5.88. The molecule has 1 aliphatic carbocycles. The van der Waals surface area contributed by atoms with Gasteiger partial charge in [-0.1, -0.05) is 0 Å². The fourth-order valence-corrected chi connectivity index (χ4v) is 3.20. The molecule has 0 atom stereocenters. The zero-order valence-electron chi connectivity index (χ0n) is 15.5. The van der Waals surface area contributed by atoms with Crippen molar-refractivity contribution < 1.29 is 19.4 Å². The Labute approximate surface area is 153 Å². The number of nitrogens with one attached hydrogen (secondary N) is 1. The summed E-state index contributed by atoms with van der Waals surface area (Å²) in [4.78, 5) is 20.6. The smallest absolute Gasteiger partial charge is 0.242 e. The largest absolute Gasteiger partial charge is 0.502 e. The molecule has 1 aliphatic heterocycles. The van der Waals surface area contributed by atoms with Crippen molar-refractivity contribution in [2.24, 2.45) is 4.99 Å². The summed E-state index contributed by atoms with van der Waals surface area (Å²) in [5, 5.41) is 13.3. The maximum Gasteiger partial charge on any atom is 0.242 e. The number of methoxy groups -OCH3 is 2. The van der Waals surface area contributed by atoms with Crippen LogP contribution < -0.4 is 14.8 Å². The van der Waals surface area contributed by atoms with Gasteiger partial charge >= 0.3 is 0 Å². The van der Waals surface area contributed by atoms with Gasteiger partial charge in [0.2, 0.25) is 11.7 Å². The minimum atomic E-state index is -0.0232. The summed E-state index contributed by atoms with van der Waals surface area (Å²) < 4.78 is 10.4. The lowest BCUT2D eigenvalue weighted by Gasteiger charge is -2.36. The summed E-state index contributed by atoms with van der Waals surface area (Å²) >= 11 is 0. The van der Waals surface area contributed by atoms with Crippen LogP contribution in [0.1, 0.15) is 18.4 Å². The SMILES string of the molecule is CN=C(NCc1cc(OC)c(O)c(OC)c1)N1CCN(C2CC2)C(=O)C1. The van der Waals surface area contributed by atoms with Gasteiger partial charge in [-0.15, -0.1) is 0 Å². The van der Waals surface area contributed by atoms with Gasteiger partial charge in [0.1, 0.15) is 0 Å². The van der Waals surface area contributed by atoms with Gasteiger partial charge in [0.25, 0.3) is 0 Å². The van der Waals surface area contributed by atoms with E-state index in [1.807, 2.05) is 9.80 Å². The van der Waals surface area contributed by atoms with E-state index in [9.17, 15) is 9.90 Å². The van der Waals surface area contributed by atoms with Crippen molar-refractivity contribution in [3.05, 3.63) is 17.7 Å². The van der Waals surface area contributed by atoms with Gasteiger partial charge in [-0.2, -0.15) is 0 Å². The molecular formula is C18H26N4O4. The number of hydrogen-bond donors (Lipinski definition) is 2. The number of amides is 1. The Morgan fingerprint density at radius 2 is 1.92 bits per heavy atom. The fraction of sp³-hybridized carbons (Fsp3) is 0.556. The van der Waals surface area contributed by atoms with Crippen molar-refractivity contribution in [3.63, 3.8) is 0 Å². The molecule has 0 aromatic heterocycles. The van der Waals surface area contributed by atoms with E-state index in [0.29, 0.717) is 36.6 Å². The first-order chi connectivity index (χ1) is 12.6. The van der Waals surface area contributed by atoms with Gasteiger partial charge in [0.05, 0.1) is 20.8 Å². The number of carbonyl (C=O) groups is 1. The Morgan fingerprint density at radius 3 is 2.42 bits per heavy atom. The highest BCUT2D eigenvalue weighted by atomic mass is 16.5. The summed E-state index contributed by atoms with van der Waals surface area (Å²) in [5.74, 6) is 1.52. The molecule has 26 heavy (non-hydrogen) atoms. The minimum absolute atomic E-state index is 0.0232. The average molecular weight is 362 g/mol. The third-order valence-corrected chi connectivity index (χ3v) is 4.75. The highest BCUT2D eigenvalue weighted by Gasteiger charge is 2.36. The van der Waals surface area contributed by atoms with Crippen molar-refractivity contribution in [1.29, 1.82) is 0 Å². The van der Waals surface area contributed by atoms with Gasteiger partial charge in [-0.3, -0.25) is 9.79 Å². The number of rotatable bonds is 5. The molecule has 0 spiro atoms. The number of ether oxygens (including phenoxy) is 2. The maximum absolute atomic E-state index is 12.3. The first-order valence-corrected chi connectivity index (χ1v) is 8.76. The molecule has 1 aromatic carbocycles. The number of phenolic OH excluding ortho intramolecular Hbond substituents is 1. The Morgan fingerprint density at radius 1 is 1.27 bits per heavy atom. The van der Waals surface area contributed by atoms with Crippen LogP contribution in [0.3, 0.4) is 0 Å². The molecule has 2 N–H and O–H groups in total. The van der Waals surface area contributed by atoms with Crippen LogP contribution in [-0.2, 0) is 11.3 Å². The topological polar surface area (TPSA) is 86.6 Å². The van der Waals surface area contributed by atoms with E-state index in [-0.39, 0.29) is 11.7 Å². The van der Waals surface area contributed by atoms with E-state index in [4.69, 9.17) is 9.47 Å². The molecule has 0 bridgehead atoms. The number of guanidine groups is 1. The van der Waals surface area contributed by atoms with Gasteiger partial charge < -0.3 is 29.7 Å². The molecule has 8 heteroatoms. The molecule has 2 aliphatic rings. The lowest BCUT2D eigenvalue weighted by molar-refractivity contribution is -0.135. The molecule has 0 radical (unpaired) electrons. The zero-order chi connectivity index (χ0) is 18.7. The molecule has 1 amide bonds. The standard InChI is InChI=1S/C18H26N4O4/c1-19-18(21-6-7-22(13-4-5-13)16(23)11-21)20-10-12-8-14(25-2)17(24)15(9-12)26-3/h8-9,13,24H,4-7,10-11H2,1-3H3,(H,19,20). The summed E-state index contributed by atoms with van der Waals surface area (Å²) in [6, 6.07) is 3.94. The average Bonchev–Trinajstić information content (AvgIpc) is 3.48. The van der Waals surface area contributed by atoms with Gasteiger partial charge in [0.15, 0.2) is 17.5 Å². The molecule has 1 heterocycles. The normalized spacial score (nSPS) is 18.1. The van der Waals surface area contributed by atoms with E-state index >= 15 is 0 Å². The van der Waals surface area contributed by atoms with E-state index in [1.54, 1.807) is 19.2 Å². The zero-order valence-corrected chi connectivity index (χ0v) is 15.5. The van der Waals surface area contributed by atoms with Crippen LogP contribution in [0.5, 0.6) is 17.2 Å². The summed E-state index contributed by atoms with van der Waals surface area (Å²) in [6.07, 6.45) is 2.26. The third kappa shape index (κ3) is 3.79. The summed E-state index contributed by atoms with van der Waals surface area (Å²) in [6.45, 7) is 2.32. The minimum Gasteiger partial charge on any atom is -0.502 e. The number of aliphatic imine (C=N–C) groups is 1. The Balaban J connectivity index is 1.63. The van der Waals surface area contributed by atoms with Gasteiger partial charge in [-0.05, 0) is 30.5 Å². The second-order valence-electron chi connectivity index (χ2n) is 6.49. The number of carbonyl (C=O) groups excluding carboxylic acids is 1. The Bertz CT molecular complexity index is 677. The number of hydrogen-bond acceptors (Lipinski definition) is 5. The van der Waals surface area contributed by atoms with E-state index in [1.165, 1.54) is 14.2 Å². The summed E-state index contributed by atoms with van der Waals surface area (Å²) in [5.41, 5.74) is 0.876. The third-order valence-electron chi connectivity index (χ3n) is 4.75. The number of nitrogens with zero attached hydrogens (tertiary/aromatic N) is 3. The second kappa shape index (κ2) is 7.72. The fourth-order valence-electron chi connectivity index (χ4n) is 3.20. The molecule has 0 unspecified atom stereocenters. The van der Waals surface area contributed by atoms with Crippen molar-refractivity contribution in [1.82, 2.24) is 15.1 Å². The van der Waals surface area contributed by atoms with Crippen LogP contribution in [0, 0.1) is 0 Å². The monoisotopic (exact) mass is 362 g/mol. The Kier molecular flexibility index (Phi) is 5.39. The first-order valence-electron chi connectivity index (χ1n) is 8.76. The number of benzene rings is 1. The van der Waals surface area contributed by atoms with Crippen LogP contribution in [0.15, 0.2) is 17.1 Å². The molecule has 2 fully saturated rings. The first kappa shape index (κ1) is 18.2. The van der Waals surface area contributed by atoms with Crippen molar-refractivity contribution >= 4 is 11.9 Å². The van der Waals surface area contributed by atoms with Crippen molar-refractivity contribution in [2.45, 2.75) is 25.4 Å². The molecule has 3 rings (SSSR count). The van der Waals surface area contributed by atoms with Gasteiger partial charge in [-0.25, -0.2) is 0 Å². The lowest BCUT2D eigenvalue weighted by atomic mass is 10.2. The highest BCUT2D eigenvalue weighted by Crippen LogP contribution is 2.37. The van der Waals surface area contributed by atoms with Crippen LogP contribution in [0.2, 0.25) is 0 Å². The summed E-state index contributed by atoms with van der Waals surface area (Å²) in [7, 11) is 4.70. The predicted molar refractivity (Wildman–Crippen MR) is 97.7 cm³/mol. The van der Waals surface area contributed by atoms with Crippen LogP contribution >= 0.6 is 0 Å². The number of piperazine rings is 1. The molecule has 1 saturated carbocycles. The second-order valence-corrected chi connectivity index (χ2v) is 6.49. The van der Waals surface area contributed by atoms with Gasteiger partial charge in [0, 0.05) is 32.7 Å². The van der Waals surface area contributed by atoms with Crippen LogP contribution in [0.4, 0.5) is 0 Å². The van der Waals surface area contributed by atoms with Crippen LogP contribution in [0.25, 0.3) is 0 Å². The number of phenols is 1. The van der Waals surface area contributed by atoms with E-state index < -0.39 is 0 Å². The van der Waals surface area contributed by atoms with Crippen LogP contribution in [-0.4, -0.2) is 73.7 Å². The van der Waals surface area contributed by atoms with Crippen molar-refractivity contribution in [3.8, 4) is 17.2 Å².